The Hall–Kier alpha value is -3.04. The van der Waals surface area contributed by atoms with Gasteiger partial charge in [0.1, 0.15) is 11.9 Å². The summed E-state index contributed by atoms with van der Waals surface area (Å²) in [5.41, 5.74) is 4.55. The maximum absolute atomic E-state index is 8.88. The van der Waals surface area contributed by atoms with Crippen molar-refractivity contribution in [3.05, 3.63) is 59.5 Å². The Morgan fingerprint density at radius 2 is 1.73 bits per heavy atom. The summed E-state index contributed by atoms with van der Waals surface area (Å²) in [5, 5.41) is 8.88. The summed E-state index contributed by atoms with van der Waals surface area (Å²) in [6, 6.07) is 13.9. The van der Waals surface area contributed by atoms with Gasteiger partial charge >= 0.3 is 0 Å². The molecule has 1 aromatic carbocycles. The Labute approximate surface area is 152 Å². The largest absolute Gasteiger partial charge is 0.354 e. The number of hydrogen-bond acceptors (Lipinski definition) is 6. The molecule has 0 spiro atoms. The predicted octanol–water partition coefficient (Wildman–Crippen LogP) is 2.53. The van der Waals surface area contributed by atoms with Crippen molar-refractivity contribution in [1.29, 1.82) is 5.26 Å². The summed E-state index contributed by atoms with van der Waals surface area (Å²) < 4.78 is 0. The van der Waals surface area contributed by atoms with Crippen molar-refractivity contribution in [3.8, 4) is 6.07 Å². The lowest BCUT2D eigenvalue weighted by Gasteiger charge is -2.35. The second-order valence-electron chi connectivity index (χ2n) is 6.52. The van der Waals surface area contributed by atoms with Gasteiger partial charge in [0.25, 0.3) is 0 Å². The molecular weight excluding hydrogens is 324 g/mol. The standard InChI is InChI=1S/C20H20N6/c1-15-19(24-18-5-3-2-4-17(18)23-15)14-25-8-10-26(11-9-25)20-7-6-16(12-21)13-22-20/h2-7,13H,8-11,14H2,1H3. The van der Waals surface area contributed by atoms with Gasteiger partial charge in [0, 0.05) is 38.9 Å². The number of rotatable bonds is 3. The normalized spacial score (nSPS) is 15.2. The zero-order chi connectivity index (χ0) is 17.9. The lowest BCUT2D eigenvalue weighted by atomic mass is 10.2. The Bertz CT molecular complexity index is 952. The van der Waals surface area contributed by atoms with E-state index in [1.807, 2.05) is 43.3 Å². The first-order valence-electron chi connectivity index (χ1n) is 8.78. The average Bonchev–Trinajstić information content (AvgIpc) is 2.69. The van der Waals surface area contributed by atoms with E-state index in [0.717, 1.165) is 61.0 Å². The van der Waals surface area contributed by atoms with Crippen molar-refractivity contribution in [1.82, 2.24) is 19.9 Å². The van der Waals surface area contributed by atoms with Crippen molar-refractivity contribution < 1.29 is 0 Å². The zero-order valence-electron chi connectivity index (χ0n) is 14.8. The Morgan fingerprint density at radius 3 is 2.38 bits per heavy atom. The summed E-state index contributed by atoms with van der Waals surface area (Å²) in [5.74, 6) is 0.935. The molecule has 3 aromatic rings. The third-order valence-corrected chi connectivity index (χ3v) is 4.79. The fraction of sp³-hybridized carbons (Fsp3) is 0.300. The highest BCUT2D eigenvalue weighted by Crippen LogP contribution is 2.17. The topological polar surface area (TPSA) is 68.9 Å². The van der Waals surface area contributed by atoms with E-state index in [0.29, 0.717) is 5.56 Å². The number of nitriles is 1. The lowest BCUT2D eigenvalue weighted by Crippen LogP contribution is -2.46. The van der Waals surface area contributed by atoms with Gasteiger partial charge in [-0.3, -0.25) is 4.90 Å². The highest BCUT2D eigenvalue weighted by molar-refractivity contribution is 5.74. The van der Waals surface area contributed by atoms with Gasteiger partial charge in [0.15, 0.2) is 0 Å². The number of anilines is 1. The third-order valence-electron chi connectivity index (χ3n) is 4.79. The van der Waals surface area contributed by atoms with Crippen LogP contribution in [0.4, 0.5) is 5.82 Å². The van der Waals surface area contributed by atoms with Gasteiger partial charge in [0.2, 0.25) is 0 Å². The SMILES string of the molecule is Cc1nc2ccccc2nc1CN1CCN(c2ccc(C#N)cn2)CC1. The molecule has 0 radical (unpaired) electrons. The van der Waals surface area contributed by atoms with Crippen molar-refractivity contribution in [3.63, 3.8) is 0 Å². The minimum absolute atomic E-state index is 0.595. The van der Waals surface area contributed by atoms with E-state index in [4.69, 9.17) is 10.2 Å². The highest BCUT2D eigenvalue weighted by atomic mass is 15.3. The van der Waals surface area contributed by atoms with Crippen LogP contribution < -0.4 is 4.90 Å². The van der Waals surface area contributed by atoms with Crippen LogP contribution in [0.15, 0.2) is 42.6 Å². The van der Waals surface area contributed by atoms with E-state index < -0.39 is 0 Å². The summed E-state index contributed by atoms with van der Waals surface area (Å²) in [4.78, 5) is 18.6. The van der Waals surface area contributed by atoms with E-state index in [2.05, 4.69) is 25.8 Å². The molecule has 6 nitrogen and oxygen atoms in total. The first-order chi connectivity index (χ1) is 12.7. The molecule has 130 valence electrons. The molecule has 26 heavy (non-hydrogen) atoms. The molecule has 0 saturated carbocycles. The number of nitrogens with zero attached hydrogens (tertiary/aromatic N) is 6. The second kappa shape index (κ2) is 7.06. The first kappa shape index (κ1) is 16.4. The highest BCUT2D eigenvalue weighted by Gasteiger charge is 2.19. The van der Waals surface area contributed by atoms with Crippen molar-refractivity contribution in [2.45, 2.75) is 13.5 Å². The number of fused-ring (bicyclic) bond motifs is 1. The number of aromatic nitrogens is 3. The molecule has 0 aliphatic carbocycles. The molecule has 0 unspecified atom stereocenters. The summed E-state index contributed by atoms with van der Waals surface area (Å²) in [7, 11) is 0. The van der Waals surface area contributed by atoms with E-state index in [9.17, 15) is 0 Å². The summed E-state index contributed by atoms with van der Waals surface area (Å²) >= 11 is 0. The molecule has 0 bridgehead atoms. The zero-order valence-corrected chi connectivity index (χ0v) is 14.8. The Balaban J connectivity index is 1.42. The van der Waals surface area contributed by atoms with Crippen LogP contribution in [-0.4, -0.2) is 46.0 Å². The number of pyridine rings is 1. The van der Waals surface area contributed by atoms with Crippen molar-refractivity contribution >= 4 is 16.9 Å². The van der Waals surface area contributed by atoms with Gasteiger partial charge < -0.3 is 4.90 Å². The number of piperazine rings is 1. The number of aryl methyl sites for hydroxylation is 1. The van der Waals surface area contributed by atoms with Crippen LogP contribution >= 0.6 is 0 Å². The van der Waals surface area contributed by atoms with Gasteiger partial charge in [-0.25, -0.2) is 15.0 Å². The summed E-state index contributed by atoms with van der Waals surface area (Å²) in [6.45, 7) is 6.59. The monoisotopic (exact) mass is 344 g/mol. The van der Waals surface area contributed by atoms with Crippen LogP contribution in [0.25, 0.3) is 11.0 Å². The fourth-order valence-electron chi connectivity index (χ4n) is 3.26. The minimum Gasteiger partial charge on any atom is -0.354 e. The number of benzene rings is 1. The molecule has 1 saturated heterocycles. The number of para-hydroxylation sites is 2. The minimum atomic E-state index is 0.595. The van der Waals surface area contributed by atoms with Crippen molar-refractivity contribution in [2.24, 2.45) is 0 Å². The molecule has 2 aromatic heterocycles. The lowest BCUT2D eigenvalue weighted by molar-refractivity contribution is 0.246. The van der Waals surface area contributed by atoms with Gasteiger partial charge in [0.05, 0.1) is 28.0 Å². The molecule has 0 amide bonds. The van der Waals surface area contributed by atoms with Crippen LogP contribution in [0.3, 0.4) is 0 Å². The van der Waals surface area contributed by atoms with Crippen LogP contribution in [0, 0.1) is 18.3 Å². The smallest absolute Gasteiger partial charge is 0.128 e. The van der Waals surface area contributed by atoms with Crippen LogP contribution in [0.2, 0.25) is 0 Å². The predicted molar refractivity (Wildman–Crippen MR) is 101 cm³/mol. The van der Waals surface area contributed by atoms with E-state index in [1.54, 1.807) is 6.20 Å². The Morgan fingerprint density at radius 1 is 1.00 bits per heavy atom. The van der Waals surface area contributed by atoms with Gasteiger partial charge in [-0.1, -0.05) is 12.1 Å². The summed E-state index contributed by atoms with van der Waals surface area (Å²) in [6.07, 6.45) is 1.63. The van der Waals surface area contributed by atoms with Crippen LogP contribution in [-0.2, 0) is 6.54 Å². The Kier molecular flexibility index (Phi) is 4.46. The molecule has 6 heteroatoms. The molecule has 3 heterocycles. The van der Waals surface area contributed by atoms with Crippen LogP contribution in [0.5, 0.6) is 0 Å². The van der Waals surface area contributed by atoms with Gasteiger partial charge in [-0.2, -0.15) is 5.26 Å². The molecule has 1 fully saturated rings. The third kappa shape index (κ3) is 3.35. The maximum atomic E-state index is 8.88. The molecule has 1 aliphatic rings. The number of hydrogen-bond donors (Lipinski definition) is 0. The molecular formula is C20H20N6. The second-order valence-corrected chi connectivity index (χ2v) is 6.52. The van der Waals surface area contributed by atoms with Crippen molar-refractivity contribution in [2.75, 3.05) is 31.1 Å². The molecule has 4 rings (SSSR count). The molecule has 0 N–H and O–H groups in total. The van der Waals surface area contributed by atoms with E-state index >= 15 is 0 Å². The first-order valence-corrected chi connectivity index (χ1v) is 8.78. The quantitative estimate of drug-likeness (QED) is 0.727. The van der Waals surface area contributed by atoms with E-state index in [-0.39, 0.29) is 0 Å². The molecule has 1 aliphatic heterocycles. The van der Waals surface area contributed by atoms with Crippen LogP contribution in [0.1, 0.15) is 17.0 Å². The maximum Gasteiger partial charge on any atom is 0.128 e. The fourth-order valence-corrected chi connectivity index (χ4v) is 3.26. The van der Waals surface area contributed by atoms with Gasteiger partial charge in [-0.15, -0.1) is 0 Å². The molecule has 0 atom stereocenters. The van der Waals surface area contributed by atoms with E-state index in [1.165, 1.54) is 0 Å². The van der Waals surface area contributed by atoms with Gasteiger partial charge in [-0.05, 0) is 31.2 Å². The average molecular weight is 344 g/mol.